The number of methoxy groups -OCH3 is 2. The van der Waals surface area contributed by atoms with Crippen molar-refractivity contribution in [1.82, 2.24) is 4.98 Å². The molecule has 0 radical (unpaired) electrons. The molecule has 0 aliphatic carbocycles. The fourth-order valence-corrected chi connectivity index (χ4v) is 1.95. The van der Waals surface area contributed by atoms with E-state index in [4.69, 9.17) is 15.2 Å². The van der Waals surface area contributed by atoms with Crippen molar-refractivity contribution in [3.05, 3.63) is 42.1 Å². The summed E-state index contributed by atoms with van der Waals surface area (Å²) in [4.78, 5) is 3.96. The smallest absolute Gasteiger partial charge is 0.160 e. The van der Waals surface area contributed by atoms with Gasteiger partial charge >= 0.3 is 0 Å². The minimum Gasteiger partial charge on any atom is -0.493 e. The second-order valence-electron chi connectivity index (χ2n) is 4.34. The van der Waals surface area contributed by atoms with Crippen molar-refractivity contribution in [3.63, 3.8) is 0 Å². The molecule has 0 unspecified atom stereocenters. The maximum atomic E-state index is 5.63. The molecule has 5 heteroatoms. The minimum atomic E-state index is 0.515. The maximum Gasteiger partial charge on any atom is 0.160 e. The third-order valence-corrected chi connectivity index (χ3v) is 2.97. The third kappa shape index (κ3) is 3.54. The van der Waals surface area contributed by atoms with Gasteiger partial charge in [-0.15, -0.1) is 0 Å². The Morgan fingerprint density at radius 3 is 2.60 bits per heavy atom. The van der Waals surface area contributed by atoms with Crippen LogP contribution in [0.15, 0.2) is 36.5 Å². The number of rotatable bonds is 6. The average molecular weight is 273 g/mol. The van der Waals surface area contributed by atoms with Crippen LogP contribution in [-0.4, -0.2) is 25.7 Å². The molecule has 3 N–H and O–H groups in total. The number of benzene rings is 1. The summed E-state index contributed by atoms with van der Waals surface area (Å²) in [5, 5.41) is 3.31. The van der Waals surface area contributed by atoms with E-state index in [0.29, 0.717) is 5.82 Å². The number of hydrogen-bond acceptors (Lipinski definition) is 5. The molecular formula is C15H19N3O2. The van der Waals surface area contributed by atoms with Crippen molar-refractivity contribution in [3.8, 4) is 11.5 Å². The van der Waals surface area contributed by atoms with Gasteiger partial charge in [0, 0.05) is 24.5 Å². The Labute approximate surface area is 118 Å². The highest BCUT2D eigenvalue weighted by molar-refractivity contribution is 5.50. The molecule has 2 rings (SSSR count). The second-order valence-corrected chi connectivity index (χ2v) is 4.34. The molecule has 0 saturated heterocycles. The number of anilines is 2. The zero-order chi connectivity index (χ0) is 14.4. The van der Waals surface area contributed by atoms with Gasteiger partial charge in [-0.1, -0.05) is 6.07 Å². The summed E-state index contributed by atoms with van der Waals surface area (Å²) in [5.74, 6) is 2.00. The van der Waals surface area contributed by atoms with Crippen molar-refractivity contribution in [2.75, 3.05) is 31.8 Å². The van der Waals surface area contributed by atoms with Crippen molar-refractivity contribution in [1.29, 1.82) is 0 Å². The van der Waals surface area contributed by atoms with Crippen molar-refractivity contribution < 1.29 is 9.47 Å². The summed E-state index contributed by atoms with van der Waals surface area (Å²) in [7, 11) is 3.27. The SMILES string of the molecule is COc1ccc(CCNc2ccnc(N)c2)cc1OC. The molecular weight excluding hydrogens is 254 g/mol. The number of hydrogen-bond donors (Lipinski definition) is 2. The maximum absolute atomic E-state index is 5.63. The molecule has 1 heterocycles. The van der Waals surface area contributed by atoms with E-state index in [-0.39, 0.29) is 0 Å². The Kier molecular flexibility index (Phi) is 4.65. The van der Waals surface area contributed by atoms with Gasteiger partial charge in [0.05, 0.1) is 14.2 Å². The Hall–Kier alpha value is -2.43. The van der Waals surface area contributed by atoms with E-state index in [2.05, 4.69) is 10.3 Å². The van der Waals surface area contributed by atoms with Crippen molar-refractivity contribution in [2.45, 2.75) is 6.42 Å². The fraction of sp³-hybridized carbons (Fsp3) is 0.267. The van der Waals surface area contributed by atoms with Crippen LogP contribution in [0.25, 0.3) is 0 Å². The lowest BCUT2D eigenvalue weighted by Crippen LogP contribution is -2.05. The number of ether oxygens (including phenoxy) is 2. The first-order valence-corrected chi connectivity index (χ1v) is 6.39. The van der Waals surface area contributed by atoms with Gasteiger partial charge in [0.1, 0.15) is 5.82 Å². The highest BCUT2D eigenvalue weighted by Crippen LogP contribution is 2.27. The second kappa shape index (κ2) is 6.65. The van der Waals surface area contributed by atoms with Crippen LogP contribution < -0.4 is 20.5 Å². The molecule has 0 spiro atoms. The van der Waals surface area contributed by atoms with E-state index in [9.17, 15) is 0 Å². The minimum absolute atomic E-state index is 0.515. The van der Waals surface area contributed by atoms with E-state index >= 15 is 0 Å². The first-order chi connectivity index (χ1) is 9.72. The molecule has 106 valence electrons. The number of nitrogens with one attached hydrogen (secondary N) is 1. The molecule has 0 atom stereocenters. The Balaban J connectivity index is 1.94. The fourth-order valence-electron chi connectivity index (χ4n) is 1.95. The number of nitrogens with two attached hydrogens (primary N) is 1. The summed E-state index contributed by atoms with van der Waals surface area (Å²) >= 11 is 0. The highest BCUT2D eigenvalue weighted by atomic mass is 16.5. The number of nitrogen functional groups attached to an aromatic ring is 1. The lowest BCUT2D eigenvalue weighted by atomic mass is 10.1. The van der Waals surface area contributed by atoms with Crippen LogP contribution in [0.4, 0.5) is 11.5 Å². The molecule has 1 aromatic heterocycles. The van der Waals surface area contributed by atoms with Crippen LogP contribution in [-0.2, 0) is 6.42 Å². The molecule has 0 aliphatic rings. The van der Waals surface area contributed by atoms with E-state index in [1.54, 1.807) is 20.4 Å². The van der Waals surface area contributed by atoms with Crippen molar-refractivity contribution >= 4 is 11.5 Å². The molecule has 20 heavy (non-hydrogen) atoms. The summed E-state index contributed by atoms with van der Waals surface area (Å²) in [6.07, 6.45) is 2.57. The highest BCUT2D eigenvalue weighted by Gasteiger charge is 2.04. The largest absolute Gasteiger partial charge is 0.493 e. The Morgan fingerprint density at radius 1 is 1.10 bits per heavy atom. The van der Waals surface area contributed by atoms with Gasteiger partial charge in [0.25, 0.3) is 0 Å². The van der Waals surface area contributed by atoms with Crippen LogP contribution in [0.5, 0.6) is 11.5 Å². The van der Waals surface area contributed by atoms with Gasteiger partial charge in [0.15, 0.2) is 11.5 Å². The monoisotopic (exact) mass is 273 g/mol. The third-order valence-electron chi connectivity index (χ3n) is 2.97. The summed E-state index contributed by atoms with van der Waals surface area (Å²) in [6, 6.07) is 9.64. The topological polar surface area (TPSA) is 69.4 Å². The van der Waals surface area contributed by atoms with Gasteiger partial charge in [-0.05, 0) is 30.2 Å². The normalized spacial score (nSPS) is 10.1. The molecule has 5 nitrogen and oxygen atoms in total. The van der Waals surface area contributed by atoms with Gasteiger partial charge in [-0.25, -0.2) is 4.98 Å². The number of aromatic nitrogens is 1. The Bertz CT molecular complexity index is 573. The first-order valence-electron chi connectivity index (χ1n) is 6.39. The van der Waals surface area contributed by atoms with Crippen LogP contribution in [0, 0.1) is 0 Å². The predicted octanol–water partition coefficient (Wildman–Crippen LogP) is 2.34. The van der Waals surface area contributed by atoms with Gasteiger partial charge < -0.3 is 20.5 Å². The summed E-state index contributed by atoms with van der Waals surface area (Å²) < 4.78 is 10.5. The van der Waals surface area contributed by atoms with E-state index in [1.807, 2.05) is 30.3 Å². The zero-order valence-electron chi connectivity index (χ0n) is 11.7. The first kappa shape index (κ1) is 14.0. The predicted molar refractivity (Wildman–Crippen MR) is 80.4 cm³/mol. The Morgan fingerprint density at radius 2 is 1.90 bits per heavy atom. The molecule has 0 fully saturated rings. The molecule has 0 bridgehead atoms. The summed E-state index contributed by atoms with van der Waals surface area (Å²) in [5.41, 5.74) is 7.78. The van der Waals surface area contributed by atoms with Crippen LogP contribution in [0.2, 0.25) is 0 Å². The van der Waals surface area contributed by atoms with Gasteiger partial charge in [0.2, 0.25) is 0 Å². The number of nitrogens with zero attached hydrogens (tertiary/aromatic N) is 1. The quantitative estimate of drug-likeness (QED) is 0.845. The summed E-state index contributed by atoms with van der Waals surface area (Å²) in [6.45, 7) is 0.805. The average Bonchev–Trinajstić information content (AvgIpc) is 2.47. The lowest BCUT2D eigenvalue weighted by molar-refractivity contribution is 0.354. The molecule has 0 amide bonds. The lowest BCUT2D eigenvalue weighted by Gasteiger charge is -2.10. The van der Waals surface area contributed by atoms with Crippen LogP contribution >= 0.6 is 0 Å². The number of pyridine rings is 1. The van der Waals surface area contributed by atoms with Crippen molar-refractivity contribution in [2.24, 2.45) is 0 Å². The van der Waals surface area contributed by atoms with E-state index in [1.165, 1.54) is 5.56 Å². The zero-order valence-corrected chi connectivity index (χ0v) is 11.7. The standard InChI is InChI=1S/C15H19N3O2/c1-19-13-4-3-11(9-14(13)20-2)5-7-17-12-6-8-18-15(16)10-12/h3-4,6,8-10H,5,7H2,1-2H3,(H3,16,17,18). The van der Waals surface area contributed by atoms with Gasteiger partial charge in [-0.2, -0.15) is 0 Å². The van der Waals surface area contributed by atoms with Crippen LogP contribution in [0.3, 0.4) is 0 Å². The molecule has 2 aromatic rings. The molecule has 0 saturated carbocycles. The van der Waals surface area contributed by atoms with Crippen LogP contribution in [0.1, 0.15) is 5.56 Å². The molecule has 0 aliphatic heterocycles. The molecule has 1 aromatic carbocycles. The van der Waals surface area contributed by atoms with E-state index < -0.39 is 0 Å². The van der Waals surface area contributed by atoms with E-state index in [0.717, 1.165) is 30.2 Å². The van der Waals surface area contributed by atoms with Gasteiger partial charge in [-0.3, -0.25) is 0 Å².